The van der Waals surface area contributed by atoms with E-state index in [2.05, 4.69) is 31.9 Å². The molecule has 1 aromatic rings. The van der Waals surface area contributed by atoms with Gasteiger partial charge in [-0.25, -0.2) is 0 Å². The highest BCUT2D eigenvalue weighted by Crippen LogP contribution is 2.41. The summed E-state index contributed by atoms with van der Waals surface area (Å²) in [6, 6.07) is 3.87. The summed E-state index contributed by atoms with van der Waals surface area (Å²) in [6.45, 7) is 2.33. The van der Waals surface area contributed by atoms with E-state index in [1.165, 1.54) is 0 Å². The van der Waals surface area contributed by atoms with Crippen molar-refractivity contribution in [3.63, 3.8) is 0 Å². The fourth-order valence-electron chi connectivity index (χ4n) is 1.71. The van der Waals surface area contributed by atoms with Crippen molar-refractivity contribution in [1.29, 1.82) is 0 Å². The second kappa shape index (κ2) is 4.94. The van der Waals surface area contributed by atoms with Gasteiger partial charge in [0.15, 0.2) is 11.5 Å². The van der Waals surface area contributed by atoms with Gasteiger partial charge >= 0.3 is 0 Å². The molecule has 0 aliphatic carbocycles. The van der Waals surface area contributed by atoms with Gasteiger partial charge in [0.1, 0.15) is 0 Å². The van der Waals surface area contributed by atoms with Crippen molar-refractivity contribution in [2.45, 2.75) is 17.9 Å². The smallest absolute Gasteiger partial charge is 0.231 e. The molecule has 0 bridgehead atoms. The Kier molecular flexibility index (Phi) is 3.77. The number of ether oxygens (including phenoxy) is 3. The molecule has 2 atom stereocenters. The van der Waals surface area contributed by atoms with Crippen LogP contribution in [0.4, 0.5) is 0 Å². The molecule has 0 aromatic heterocycles. The monoisotopic (exact) mass is 350 g/mol. The first kappa shape index (κ1) is 12.2. The minimum atomic E-state index is -0.0242. The van der Waals surface area contributed by atoms with Crippen LogP contribution in [0.5, 0.6) is 11.5 Å². The van der Waals surface area contributed by atoms with E-state index >= 15 is 0 Å². The minimum Gasteiger partial charge on any atom is -0.454 e. The standard InChI is InChI=1S/C11H12Br2O3/c1-6(12)11(14-2)7-3-9-10(4-8(7)13)16-5-15-9/h3-4,6,11H,5H2,1-2H3/t6-,11-/m0/s1. The molecule has 0 N–H and O–H groups in total. The van der Waals surface area contributed by atoms with Crippen LogP contribution in [0.15, 0.2) is 16.6 Å². The Morgan fingerprint density at radius 3 is 2.50 bits per heavy atom. The lowest BCUT2D eigenvalue weighted by Crippen LogP contribution is -2.11. The number of hydrogen-bond donors (Lipinski definition) is 0. The highest BCUT2D eigenvalue weighted by Gasteiger charge is 2.23. The molecule has 0 fully saturated rings. The number of hydrogen-bond acceptors (Lipinski definition) is 3. The summed E-state index contributed by atoms with van der Waals surface area (Å²) < 4.78 is 17.1. The molecule has 1 aromatic carbocycles. The zero-order valence-corrected chi connectivity index (χ0v) is 12.2. The van der Waals surface area contributed by atoms with E-state index in [0.717, 1.165) is 21.5 Å². The molecule has 5 heteroatoms. The minimum absolute atomic E-state index is 0.0242. The maximum atomic E-state index is 5.47. The molecular weight excluding hydrogens is 340 g/mol. The van der Waals surface area contributed by atoms with Gasteiger partial charge < -0.3 is 14.2 Å². The molecule has 1 aliphatic heterocycles. The average molecular weight is 352 g/mol. The Morgan fingerprint density at radius 2 is 1.94 bits per heavy atom. The normalized spacial score (nSPS) is 17.2. The number of rotatable bonds is 3. The Morgan fingerprint density at radius 1 is 1.31 bits per heavy atom. The summed E-state index contributed by atoms with van der Waals surface area (Å²) >= 11 is 7.06. The van der Waals surface area contributed by atoms with Crippen molar-refractivity contribution in [3.8, 4) is 11.5 Å². The quantitative estimate of drug-likeness (QED) is 0.778. The van der Waals surface area contributed by atoms with Crippen LogP contribution in [0.1, 0.15) is 18.6 Å². The first-order valence-corrected chi connectivity index (χ1v) is 6.60. The predicted molar refractivity (Wildman–Crippen MR) is 68.4 cm³/mol. The summed E-state index contributed by atoms with van der Waals surface area (Å²) in [7, 11) is 1.69. The second-order valence-electron chi connectivity index (χ2n) is 3.56. The highest BCUT2D eigenvalue weighted by molar-refractivity contribution is 9.10. The SMILES string of the molecule is CO[C@H](c1cc2c(cc1Br)OCO2)[C@H](C)Br. The van der Waals surface area contributed by atoms with Crippen LogP contribution in [0.25, 0.3) is 0 Å². The van der Waals surface area contributed by atoms with Crippen LogP contribution in [0, 0.1) is 0 Å². The molecule has 88 valence electrons. The van der Waals surface area contributed by atoms with E-state index in [1.54, 1.807) is 7.11 Å². The van der Waals surface area contributed by atoms with E-state index < -0.39 is 0 Å². The van der Waals surface area contributed by atoms with Crippen LogP contribution in [0.3, 0.4) is 0 Å². The molecule has 0 unspecified atom stereocenters. The molecule has 1 aliphatic rings. The summed E-state index contributed by atoms with van der Waals surface area (Å²) in [6.07, 6.45) is -0.0242. The molecule has 0 saturated carbocycles. The van der Waals surface area contributed by atoms with Crippen molar-refractivity contribution >= 4 is 31.9 Å². The summed E-state index contributed by atoms with van der Waals surface area (Å²) in [5, 5.41) is 0. The molecule has 0 spiro atoms. The predicted octanol–water partition coefficient (Wildman–Crippen LogP) is 3.65. The van der Waals surface area contributed by atoms with E-state index in [9.17, 15) is 0 Å². The summed E-state index contributed by atoms with van der Waals surface area (Å²) in [5.41, 5.74) is 1.05. The zero-order chi connectivity index (χ0) is 11.7. The Hall–Kier alpha value is -0.260. The molecule has 3 nitrogen and oxygen atoms in total. The fraction of sp³-hybridized carbons (Fsp3) is 0.455. The Labute approximate surface area is 111 Å². The average Bonchev–Trinajstić information content (AvgIpc) is 2.65. The number of fused-ring (bicyclic) bond motifs is 1. The van der Waals surface area contributed by atoms with Gasteiger partial charge in [0.25, 0.3) is 0 Å². The third-order valence-corrected chi connectivity index (χ3v) is 3.64. The summed E-state index contributed by atoms with van der Waals surface area (Å²) in [4.78, 5) is 0.217. The van der Waals surface area contributed by atoms with Gasteiger partial charge in [-0.2, -0.15) is 0 Å². The lowest BCUT2D eigenvalue weighted by Gasteiger charge is -2.20. The Balaban J connectivity index is 2.40. The molecule has 2 rings (SSSR count). The third-order valence-electron chi connectivity index (χ3n) is 2.47. The van der Waals surface area contributed by atoms with Crippen LogP contribution in [-0.2, 0) is 4.74 Å². The molecular formula is C11H12Br2O3. The number of benzene rings is 1. The lowest BCUT2D eigenvalue weighted by molar-refractivity contribution is 0.105. The van der Waals surface area contributed by atoms with Crippen molar-refractivity contribution in [2.24, 2.45) is 0 Å². The first-order chi connectivity index (χ1) is 7.63. The summed E-state index contributed by atoms with van der Waals surface area (Å²) in [5.74, 6) is 1.54. The van der Waals surface area contributed by atoms with Gasteiger partial charge in [-0.1, -0.05) is 31.9 Å². The third kappa shape index (κ3) is 2.21. The van der Waals surface area contributed by atoms with Gasteiger partial charge in [-0.15, -0.1) is 0 Å². The Bertz CT molecular complexity index is 393. The van der Waals surface area contributed by atoms with Crippen LogP contribution < -0.4 is 9.47 Å². The van der Waals surface area contributed by atoms with Gasteiger partial charge in [0, 0.05) is 16.4 Å². The maximum Gasteiger partial charge on any atom is 0.231 e. The van der Waals surface area contributed by atoms with Gasteiger partial charge in [-0.3, -0.25) is 0 Å². The first-order valence-electron chi connectivity index (χ1n) is 4.89. The molecule has 0 radical (unpaired) electrons. The second-order valence-corrected chi connectivity index (χ2v) is 5.86. The van der Waals surface area contributed by atoms with Crippen molar-refractivity contribution in [3.05, 3.63) is 22.2 Å². The molecule has 0 amide bonds. The van der Waals surface area contributed by atoms with Crippen molar-refractivity contribution < 1.29 is 14.2 Å². The van der Waals surface area contributed by atoms with Crippen LogP contribution in [-0.4, -0.2) is 18.7 Å². The van der Waals surface area contributed by atoms with E-state index in [4.69, 9.17) is 14.2 Å². The van der Waals surface area contributed by atoms with Crippen LogP contribution in [0.2, 0.25) is 0 Å². The molecule has 16 heavy (non-hydrogen) atoms. The lowest BCUT2D eigenvalue weighted by atomic mass is 10.1. The molecule has 1 heterocycles. The number of alkyl halides is 1. The largest absolute Gasteiger partial charge is 0.454 e. The van der Waals surface area contributed by atoms with Crippen LogP contribution >= 0.6 is 31.9 Å². The maximum absolute atomic E-state index is 5.47. The fourth-order valence-corrected chi connectivity index (χ4v) is 2.76. The topological polar surface area (TPSA) is 27.7 Å². The van der Waals surface area contributed by atoms with E-state index in [-0.39, 0.29) is 17.7 Å². The molecule has 0 saturated heterocycles. The number of halogens is 2. The van der Waals surface area contributed by atoms with E-state index in [0.29, 0.717) is 0 Å². The van der Waals surface area contributed by atoms with Crippen molar-refractivity contribution in [1.82, 2.24) is 0 Å². The number of methoxy groups -OCH3 is 1. The highest BCUT2D eigenvalue weighted by atomic mass is 79.9. The van der Waals surface area contributed by atoms with Gasteiger partial charge in [0.05, 0.1) is 6.10 Å². The van der Waals surface area contributed by atoms with E-state index in [1.807, 2.05) is 19.1 Å². The zero-order valence-electron chi connectivity index (χ0n) is 9.00. The van der Waals surface area contributed by atoms with Gasteiger partial charge in [0.2, 0.25) is 6.79 Å². The van der Waals surface area contributed by atoms with Crippen molar-refractivity contribution in [2.75, 3.05) is 13.9 Å². The van der Waals surface area contributed by atoms with Gasteiger partial charge in [-0.05, 0) is 24.6 Å².